The summed E-state index contributed by atoms with van der Waals surface area (Å²) in [6, 6.07) is 16.0. The number of aliphatic hydroxyl groups excluding tert-OH is 1. The lowest BCUT2D eigenvalue weighted by Gasteiger charge is -2.35. The number of β-amino-alcohol motifs (C(OH)–C–C–N with tert-alkyl or cyclic N) is 1. The molecule has 2 amide bonds. The Morgan fingerprint density at radius 2 is 1.82 bits per heavy atom. The van der Waals surface area contributed by atoms with Gasteiger partial charge >= 0.3 is 0 Å². The fraction of sp³-hybridized carbons (Fsp3) is 0.400. The van der Waals surface area contributed by atoms with Gasteiger partial charge in [-0.2, -0.15) is 5.10 Å². The van der Waals surface area contributed by atoms with E-state index in [1.165, 1.54) is 4.90 Å². The Kier molecular flexibility index (Phi) is 7.17. The summed E-state index contributed by atoms with van der Waals surface area (Å²) in [5.74, 6) is -0.641. The maximum atomic E-state index is 13.8. The van der Waals surface area contributed by atoms with Crippen LogP contribution in [0.25, 0.3) is 11.3 Å². The van der Waals surface area contributed by atoms with E-state index in [-0.39, 0.29) is 42.9 Å². The highest BCUT2D eigenvalue weighted by molar-refractivity contribution is 6.01. The van der Waals surface area contributed by atoms with Gasteiger partial charge in [0.2, 0.25) is 5.91 Å². The van der Waals surface area contributed by atoms with Crippen molar-refractivity contribution in [3.63, 3.8) is 0 Å². The zero-order chi connectivity index (χ0) is 27.0. The number of likely N-dealkylation sites (tertiary alicyclic amines) is 1. The number of carbonyl (C=O) groups is 3. The molecule has 1 aromatic heterocycles. The van der Waals surface area contributed by atoms with Crippen LogP contribution in [0.2, 0.25) is 0 Å². The minimum absolute atomic E-state index is 0.0656. The van der Waals surface area contributed by atoms with Gasteiger partial charge in [-0.25, -0.2) is 0 Å². The molecule has 3 aromatic rings. The Labute approximate surface area is 222 Å². The molecule has 1 saturated heterocycles. The lowest BCUT2D eigenvalue weighted by Crippen LogP contribution is -2.54. The van der Waals surface area contributed by atoms with E-state index in [1.54, 1.807) is 17.2 Å². The van der Waals surface area contributed by atoms with Crippen LogP contribution in [0.5, 0.6) is 0 Å². The first kappa shape index (κ1) is 25.9. The average molecular weight is 515 g/mol. The SMILES string of the molecule is CC(C)[C@@H](C(=O)N1C[C@H](O)C[C@H]1C(=O)CCc1ccc(-c2ccnn2C)cc1)N1Cc2ccccc2C1=O. The van der Waals surface area contributed by atoms with Gasteiger partial charge in [0.1, 0.15) is 6.04 Å². The first-order valence-electron chi connectivity index (χ1n) is 13.2. The third kappa shape index (κ3) is 4.88. The molecular weight excluding hydrogens is 480 g/mol. The van der Waals surface area contributed by atoms with Crippen LogP contribution in [-0.2, 0) is 29.6 Å². The van der Waals surface area contributed by atoms with Gasteiger partial charge in [0.15, 0.2) is 5.78 Å². The molecule has 2 aromatic carbocycles. The Bertz CT molecular complexity index is 1350. The van der Waals surface area contributed by atoms with E-state index in [1.807, 2.05) is 74.1 Å². The molecule has 0 aliphatic carbocycles. The zero-order valence-corrected chi connectivity index (χ0v) is 22.1. The summed E-state index contributed by atoms with van der Waals surface area (Å²) in [5.41, 5.74) is 4.62. The van der Waals surface area contributed by atoms with Crippen molar-refractivity contribution >= 4 is 17.6 Å². The van der Waals surface area contributed by atoms with Gasteiger partial charge in [-0.05, 0) is 41.2 Å². The molecule has 2 aliphatic heterocycles. The number of hydrogen-bond acceptors (Lipinski definition) is 5. The van der Waals surface area contributed by atoms with E-state index >= 15 is 0 Å². The quantitative estimate of drug-likeness (QED) is 0.498. The van der Waals surface area contributed by atoms with E-state index in [4.69, 9.17) is 0 Å². The fourth-order valence-corrected chi connectivity index (χ4v) is 5.75. The molecule has 198 valence electrons. The second kappa shape index (κ2) is 10.5. The first-order chi connectivity index (χ1) is 18.2. The van der Waals surface area contributed by atoms with Crippen molar-refractivity contribution in [1.29, 1.82) is 0 Å². The van der Waals surface area contributed by atoms with Gasteiger partial charge in [0, 0.05) is 44.7 Å². The Hall–Kier alpha value is -3.78. The molecule has 0 unspecified atom stereocenters. The molecule has 0 spiro atoms. The molecule has 0 bridgehead atoms. The predicted octanol–water partition coefficient (Wildman–Crippen LogP) is 3.23. The molecule has 2 aliphatic rings. The maximum absolute atomic E-state index is 13.8. The van der Waals surface area contributed by atoms with E-state index in [0.717, 1.165) is 22.4 Å². The van der Waals surface area contributed by atoms with Crippen LogP contribution >= 0.6 is 0 Å². The summed E-state index contributed by atoms with van der Waals surface area (Å²) in [6.45, 7) is 4.30. The Balaban J connectivity index is 1.27. The van der Waals surface area contributed by atoms with Crippen LogP contribution in [0.3, 0.4) is 0 Å². The second-order valence-electron chi connectivity index (χ2n) is 10.7. The summed E-state index contributed by atoms with van der Waals surface area (Å²) < 4.78 is 1.81. The number of fused-ring (bicyclic) bond motifs is 1. The number of aliphatic hydroxyl groups is 1. The molecule has 8 nitrogen and oxygen atoms in total. The molecular formula is C30H34N4O4. The van der Waals surface area contributed by atoms with Gasteiger partial charge in [0.05, 0.1) is 17.8 Å². The monoisotopic (exact) mass is 514 g/mol. The number of rotatable bonds is 8. The number of ketones is 1. The number of aromatic nitrogens is 2. The predicted molar refractivity (Wildman–Crippen MR) is 143 cm³/mol. The van der Waals surface area contributed by atoms with Crippen LogP contribution in [0.15, 0.2) is 60.8 Å². The number of amides is 2. The standard InChI is InChI=1S/C30H34N4O4/c1-19(2)28(34-17-22-6-4-5-7-24(22)29(34)37)30(38)33-18-23(35)16-26(33)27(36)13-10-20-8-11-21(12-9-20)25-14-15-31-32(25)3/h4-9,11-12,14-15,19,23,26,28,35H,10,13,16-18H2,1-3H3/t23-,26+,28+/m1/s1. The van der Waals surface area contributed by atoms with Crippen molar-refractivity contribution in [2.45, 2.75) is 57.8 Å². The highest BCUT2D eigenvalue weighted by Gasteiger charge is 2.45. The fourth-order valence-electron chi connectivity index (χ4n) is 5.75. The van der Waals surface area contributed by atoms with Gasteiger partial charge in [0.25, 0.3) is 5.91 Å². The third-order valence-electron chi connectivity index (χ3n) is 7.73. The zero-order valence-electron chi connectivity index (χ0n) is 22.1. The van der Waals surface area contributed by atoms with Crippen LogP contribution in [-0.4, -0.2) is 67.0 Å². The topological polar surface area (TPSA) is 95.7 Å². The molecule has 38 heavy (non-hydrogen) atoms. The molecule has 1 fully saturated rings. The van der Waals surface area contributed by atoms with E-state index < -0.39 is 18.2 Å². The summed E-state index contributed by atoms with van der Waals surface area (Å²) in [5, 5.41) is 14.6. The Morgan fingerprint density at radius 3 is 2.47 bits per heavy atom. The third-order valence-corrected chi connectivity index (χ3v) is 7.73. The summed E-state index contributed by atoms with van der Waals surface area (Å²) in [4.78, 5) is 43.5. The number of carbonyl (C=O) groups excluding carboxylic acids is 3. The second-order valence-corrected chi connectivity index (χ2v) is 10.7. The molecule has 3 atom stereocenters. The van der Waals surface area contributed by atoms with Crippen LogP contribution in [0.1, 0.15) is 48.2 Å². The molecule has 3 heterocycles. The first-order valence-corrected chi connectivity index (χ1v) is 13.2. The maximum Gasteiger partial charge on any atom is 0.255 e. The number of Topliss-reactive ketones (excluding diaryl/α,β-unsaturated/α-hetero) is 1. The van der Waals surface area contributed by atoms with Crippen molar-refractivity contribution in [3.05, 3.63) is 77.5 Å². The van der Waals surface area contributed by atoms with Crippen molar-refractivity contribution in [1.82, 2.24) is 19.6 Å². The highest BCUT2D eigenvalue weighted by atomic mass is 16.3. The lowest BCUT2D eigenvalue weighted by molar-refractivity contribution is -0.142. The number of hydrogen-bond donors (Lipinski definition) is 1. The van der Waals surface area contributed by atoms with Gasteiger partial charge in [-0.15, -0.1) is 0 Å². The van der Waals surface area contributed by atoms with Crippen LogP contribution in [0, 0.1) is 5.92 Å². The lowest BCUT2D eigenvalue weighted by atomic mass is 9.98. The van der Waals surface area contributed by atoms with Gasteiger partial charge in [-0.3, -0.25) is 19.1 Å². The molecule has 0 radical (unpaired) electrons. The summed E-state index contributed by atoms with van der Waals surface area (Å²) in [7, 11) is 1.90. The number of nitrogens with zero attached hydrogens (tertiary/aromatic N) is 4. The summed E-state index contributed by atoms with van der Waals surface area (Å²) >= 11 is 0. The normalized spacial score (nSPS) is 19.8. The summed E-state index contributed by atoms with van der Waals surface area (Å²) in [6.07, 6.45) is 2.04. The van der Waals surface area contributed by atoms with Crippen molar-refractivity contribution < 1.29 is 19.5 Å². The van der Waals surface area contributed by atoms with Crippen molar-refractivity contribution in [2.24, 2.45) is 13.0 Å². The molecule has 5 rings (SSSR count). The number of aryl methyl sites for hydroxylation is 2. The molecule has 1 N–H and O–H groups in total. The van der Waals surface area contributed by atoms with Gasteiger partial charge in [-0.1, -0.05) is 56.3 Å². The Morgan fingerprint density at radius 1 is 1.08 bits per heavy atom. The molecule has 0 saturated carbocycles. The molecule has 8 heteroatoms. The van der Waals surface area contributed by atoms with Crippen molar-refractivity contribution in [2.75, 3.05) is 6.54 Å². The van der Waals surface area contributed by atoms with Crippen LogP contribution < -0.4 is 0 Å². The van der Waals surface area contributed by atoms with E-state index in [9.17, 15) is 19.5 Å². The average Bonchev–Trinajstić information content (AvgIpc) is 3.60. The minimum Gasteiger partial charge on any atom is -0.391 e. The largest absolute Gasteiger partial charge is 0.391 e. The van der Waals surface area contributed by atoms with E-state index in [0.29, 0.717) is 18.5 Å². The van der Waals surface area contributed by atoms with E-state index in [2.05, 4.69) is 5.10 Å². The van der Waals surface area contributed by atoms with Crippen LogP contribution in [0.4, 0.5) is 0 Å². The highest BCUT2D eigenvalue weighted by Crippen LogP contribution is 2.30. The smallest absolute Gasteiger partial charge is 0.255 e. The van der Waals surface area contributed by atoms with Crippen molar-refractivity contribution in [3.8, 4) is 11.3 Å². The minimum atomic E-state index is -0.759. The van der Waals surface area contributed by atoms with Gasteiger partial charge < -0.3 is 14.9 Å². The number of benzene rings is 2.